The van der Waals surface area contributed by atoms with Crippen molar-refractivity contribution < 1.29 is 19.0 Å². The number of aryl methyl sites for hydroxylation is 2. The van der Waals surface area contributed by atoms with Gasteiger partial charge in [0.15, 0.2) is 11.5 Å². The third-order valence-electron chi connectivity index (χ3n) is 4.51. The van der Waals surface area contributed by atoms with Gasteiger partial charge in [0.1, 0.15) is 12.4 Å². The number of ether oxygens (including phenoxy) is 3. The molecule has 2 aromatic carbocycles. The van der Waals surface area contributed by atoms with E-state index in [9.17, 15) is 4.79 Å². The van der Waals surface area contributed by atoms with E-state index in [1.54, 1.807) is 25.3 Å². The van der Waals surface area contributed by atoms with Gasteiger partial charge in [-0.15, -0.1) is 0 Å². The van der Waals surface area contributed by atoms with Crippen LogP contribution in [0.5, 0.6) is 17.2 Å². The van der Waals surface area contributed by atoms with Crippen LogP contribution in [0.3, 0.4) is 0 Å². The van der Waals surface area contributed by atoms with Crippen LogP contribution >= 0.6 is 0 Å². The second-order valence-corrected chi connectivity index (χ2v) is 6.92. The predicted molar refractivity (Wildman–Crippen MR) is 105 cm³/mol. The number of rotatable bonds is 8. The van der Waals surface area contributed by atoms with Gasteiger partial charge in [-0.25, -0.2) is 0 Å². The molecule has 3 rings (SSSR count). The number of fused-ring (bicyclic) bond motifs is 1. The minimum Gasteiger partial charge on any atom is -0.493 e. The third kappa shape index (κ3) is 4.94. The van der Waals surface area contributed by atoms with Crippen molar-refractivity contribution in [3.05, 3.63) is 53.1 Å². The summed E-state index contributed by atoms with van der Waals surface area (Å²) >= 11 is 0. The van der Waals surface area contributed by atoms with Crippen LogP contribution < -0.4 is 19.5 Å². The molecule has 1 aliphatic carbocycles. The van der Waals surface area contributed by atoms with Crippen LogP contribution in [0.1, 0.15) is 41.8 Å². The minimum absolute atomic E-state index is 0.0370. The first-order valence-corrected chi connectivity index (χ1v) is 9.44. The molecule has 0 atom stereocenters. The van der Waals surface area contributed by atoms with E-state index in [0.717, 1.165) is 18.6 Å². The number of amides is 1. The molecule has 144 valence electrons. The largest absolute Gasteiger partial charge is 0.493 e. The Labute approximate surface area is 160 Å². The molecule has 5 heteroatoms. The van der Waals surface area contributed by atoms with Gasteiger partial charge in [0.2, 0.25) is 0 Å². The number of carbonyl (C=O) groups is 1. The first-order chi connectivity index (χ1) is 13.1. The van der Waals surface area contributed by atoms with Crippen molar-refractivity contribution in [2.24, 2.45) is 0 Å². The van der Waals surface area contributed by atoms with Crippen LogP contribution in [0.15, 0.2) is 36.4 Å². The van der Waals surface area contributed by atoms with Crippen molar-refractivity contribution >= 4 is 5.91 Å². The predicted octanol–water partition coefficient (Wildman–Crippen LogP) is 3.78. The summed E-state index contributed by atoms with van der Waals surface area (Å²) in [5, 5.41) is 2.87. The number of hydrogen-bond donors (Lipinski definition) is 1. The average Bonchev–Trinajstić information content (AvgIpc) is 3.12. The van der Waals surface area contributed by atoms with Crippen molar-refractivity contribution in [2.75, 3.05) is 20.3 Å². The molecule has 1 N–H and O–H groups in total. The van der Waals surface area contributed by atoms with E-state index >= 15 is 0 Å². The summed E-state index contributed by atoms with van der Waals surface area (Å²) in [5.41, 5.74) is 3.34. The number of carbonyl (C=O) groups excluding carboxylic acids is 1. The van der Waals surface area contributed by atoms with E-state index in [1.807, 2.05) is 19.9 Å². The summed E-state index contributed by atoms with van der Waals surface area (Å²) < 4.78 is 16.8. The molecule has 0 spiro atoms. The average molecular weight is 369 g/mol. The molecule has 2 aromatic rings. The molecule has 0 aliphatic heterocycles. The second kappa shape index (κ2) is 8.80. The molecule has 0 fully saturated rings. The number of nitrogens with one attached hydrogen (secondary N) is 1. The first kappa shape index (κ1) is 19.1. The maximum atomic E-state index is 12.3. The maximum Gasteiger partial charge on any atom is 0.251 e. The number of benzene rings is 2. The summed E-state index contributed by atoms with van der Waals surface area (Å²) in [5.74, 6) is 1.87. The van der Waals surface area contributed by atoms with Gasteiger partial charge in [0, 0.05) is 5.56 Å². The highest BCUT2D eigenvalue weighted by molar-refractivity contribution is 5.94. The molecular formula is C22H27NO4. The lowest BCUT2D eigenvalue weighted by Crippen LogP contribution is -2.28. The van der Waals surface area contributed by atoms with E-state index in [4.69, 9.17) is 14.2 Å². The topological polar surface area (TPSA) is 56.8 Å². The summed E-state index contributed by atoms with van der Waals surface area (Å²) in [4.78, 5) is 12.3. The van der Waals surface area contributed by atoms with Gasteiger partial charge in [-0.2, -0.15) is 0 Å². The normalized spacial score (nSPS) is 12.6. The molecule has 0 saturated carbocycles. The lowest BCUT2D eigenvalue weighted by atomic mass is 10.1. The van der Waals surface area contributed by atoms with Crippen molar-refractivity contribution in [3.8, 4) is 17.2 Å². The summed E-state index contributed by atoms with van der Waals surface area (Å²) in [6, 6.07) is 11.4. The van der Waals surface area contributed by atoms with E-state index in [1.165, 1.54) is 17.5 Å². The first-order valence-electron chi connectivity index (χ1n) is 9.44. The van der Waals surface area contributed by atoms with Crippen molar-refractivity contribution in [3.63, 3.8) is 0 Å². The second-order valence-electron chi connectivity index (χ2n) is 6.92. The SMILES string of the molecule is COc1cc(C(=O)NCCOc2ccc3c(c2)CCC3)ccc1OC(C)C. The van der Waals surface area contributed by atoms with Gasteiger partial charge in [0.05, 0.1) is 19.8 Å². The lowest BCUT2D eigenvalue weighted by molar-refractivity contribution is 0.0946. The highest BCUT2D eigenvalue weighted by Gasteiger charge is 2.13. The molecule has 0 heterocycles. The molecule has 1 amide bonds. The Morgan fingerprint density at radius 1 is 1.07 bits per heavy atom. The molecule has 0 unspecified atom stereocenters. The van der Waals surface area contributed by atoms with Crippen LogP contribution in [-0.2, 0) is 12.8 Å². The maximum absolute atomic E-state index is 12.3. The standard InChI is InChI=1S/C22H27NO4/c1-15(2)27-20-10-8-18(14-21(20)25-3)22(24)23-11-12-26-19-9-7-16-5-4-6-17(16)13-19/h7-10,13-15H,4-6,11-12H2,1-3H3,(H,23,24). The summed E-state index contributed by atoms with van der Waals surface area (Å²) in [6.07, 6.45) is 3.55. The van der Waals surface area contributed by atoms with Crippen molar-refractivity contribution in [2.45, 2.75) is 39.2 Å². The Morgan fingerprint density at radius 2 is 1.89 bits per heavy atom. The highest BCUT2D eigenvalue weighted by Crippen LogP contribution is 2.29. The van der Waals surface area contributed by atoms with Crippen LogP contribution in [-0.4, -0.2) is 32.3 Å². The Hall–Kier alpha value is -2.69. The molecule has 0 saturated heterocycles. The Kier molecular flexibility index (Phi) is 6.22. The van der Waals surface area contributed by atoms with E-state index in [-0.39, 0.29) is 12.0 Å². The molecule has 1 aliphatic rings. The summed E-state index contributed by atoms with van der Waals surface area (Å²) in [7, 11) is 1.56. The zero-order valence-electron chi connectivity index (χ0n) is 16.2. The van der Waals surface area contributed by atoms with E-state index in [2.05, 4.69) is 17.4 Å². The van der Waals surface area contributed by atoms with Crippen LogP contribution in [0.4, 0.5) is 0 Å². The molecule has 27 heavy (non-hydrogen) atoms. The van der Waals surface area contributed by atoms with Gasteiger partial charge < -0.3 is 19.5 Å². The fourth-order valence-electron chi connectivity index (χ4n) is 3.23. The van der Waals surface area contributed by atoms with Gasteiger partial charge in [-0.05, 0) is 74.6 Å². The number of hydrogen-bond acceptors (Lipinski definition) is 4. The molecule has 0 bridgehead atoms. The van der Waals surface area contributed by atoms with Gasteiger partial charge >= 0.3 is 0 Å². The Balaban J connectivity index is 1.50. The molecular weight excluding hydrogens is 342 g/mol. The molecule has 0 radical (unpaired) electrons. The monoisotopic (exact) mass is 369 g/mol. The Bertz CT molecular complexity index is 801. The van der Waals surface area contributed by atoms with Crippen LogP contribution in [0.2, 0.25) is 0 Å². The highest BCUT2D eigenvalue weighted by atomic mass is 16.5. The zero-order chi connectivity index (χ0) is 19.2. The van der Waals surface area contributed by atoms with Crippen molar-refractivity contribution in [1.29, 1.82) is 0 Å². The third-order valence-corrected chi connectivity index (χ3v) is 4.51. The quantitative estimate of drug-likeness (QED) is 0.720. The summed E-state index contributed by atoms with van der Waals surface area (Å²) in [6.45, 7) is 4.75. The fraction of sp³-hybridized carbons (Fsp3) is 0.409. The van der Waals surface area contributed by atoms with Gasteiger partial charge in [-0.3, -0.25) is 4.79 Å². The number of methoxy groups -OCH3 is 1. The Morgan fingerprint density at radius 3 is 2.67 bits per heavy atom. The fourth-order valence-corrected chi connectivity index (χ4v) is 3.23. The van der Waals surface area contributed by atoms with E-state index < -0.39 is 0 Å². The smallest absolute Gasteiger partial charge is 0.251 e. The van der Waals surface area contributed by atoms with Crippen molar-refractivity contribution in [1.82, 2.24) is 5.32 Å². The minimum atomic E-state index is -0.165. The van der Waals surface area contributed by atoms with Gasteiger partial charge in [0.25, 0.3) is 5.91 Å². The molecule has 5 nitrogen and oxygen atoms in total. The van der Waals surface area contributed by atoms with Crippen LogP contribution in [0.25, 0.3) is 0 Å². The lowest BCUT2D eigenvalue weighted by Gasteiger charge is -2.14. The van der Waals surface area contributed by atoms with Crippen LogP contribution in [0, 0.1) is 0 Å². The van der Waals surface area contributed by atoms with E-state index in [0.29, 0.717) is 30.2 Å². The molecule has 0 aromatic heterocycles. The van der Waals surface area contributed by atoms with Gasteiger partial charge in [-0.1, -0.05) is 6.07 Å². The zero-order valence-corrected chi connectivity index (χ0v) is 16.2.